The van der Waals surface area contributed by atoms with Crippen LogP contribution in [0, 0.1) is 23.0 Å². The second-order valence-corrected chi connectivity index (χ2v) is 5.98. The van der Waals surface area contributed by atoms with Crippen LogP contribution in [0.3, 0.4) is 0 Å². The van der Waals surface area contributed by atoms with E-state index < -0.39 is 32.2 Å². The van der Waals surface area contributed by atoms with Crippen LogP contribution in [0.2, 0.25) is 0 Å². The molecule has 0 aliphatic heterocycles. The molecule has 0 fully saturated rings. The van der Waals surface area contributed by atoms with Gasteiger partial charge in [-0.25, -0.2) is 17.2 Å². The minimum atomic E-state index is -4.23. The molecule has 1 aromatic carbocycles. The summed E-state index contributed by atoms with van der Waals surface area (Å²) in [5.41, 5.74) is 4.31. The van der Waals surface area contributed by atoms with Crippen molar-refractivity contribution in [2.45, 2.75) is 11.3 Å². The van der Waals surface area contributed by atoms with E-state index >= 15 is 0 Å². The molecule has 0 aliphatic rings. The lowest BCUT2D eigenvalue weighted by Gasteiger charge is -2.21. The van der Waals surface area contributed by atoms with Gasteiger partial charge in [-0.3, -0.25) is 0 Å². The van der Waals surface area contributed by atoms with E-state index in [0.29, 0.717) is 0 Å². The van der Waals surface area contributed by atoms with Gasteiger partial charge in [0.2, 0.25) is 10.0 Å². The van der Waals surface area contributed by atoms with Gasteiger partial charge >= 0.3 is 0 Å². The molecule has 0 amide bonds. The summed E-state index contributed by atoms with van der Waals surface area (Å²) in [6, 6.07) is 3.40. The van der Waals surface area contributed by atoms with E-state index in [1.54, 1.807) is 0 Å². The maximum atomic E-state index is 13.9. The lowest BCUT2D eigenvalue weighted by molar-refractivity contribution is 0.179. The molecule has 0 radical (unpaired) electrons. The molecule has 0 atom stereocenters. The molecule has 21 heavy (non-hydrogen) atoms. The van der Waals surface area contributed by atoms with Crippen LogP contribution in [-0.4, -0.2) is 39.5 Å². The Labute approximate surface area is 121 Å². The molecule has 116 valence electrons. The lowest BCUT2D eigenvalue weighted by Crippen LogP contribution is -2.35. The number of anilines is 1. The molecule has 0 saturated heterocycles. The Morgan fingerprint density at radius 3 is 2.62 bits per heavy atom. The number of nitrogen functional groups attached to an aromatic ring is 1. The van der Waals surface area contributed by atoms with Crippen molar-refractivity contribution in [2.24, 2.45) is 0 Å². The van der Waals surface area contributed by atoms with Crippen molar-refractivity contribution in [1.82, 2.24) is 4.31 Å². The van der Waals surface area contributed by atoms with E-state index in [2.05, 4.69) is 0 Å². The van der Waals surface area contributed by atoms with Crippen LogP contribution in [0.25, 0.3) is 0 Å². The third-order valence-electron chi connectivity index (χ3n) is 2.73. The van der Waals surface area contributed by atoms with Gasteiger partial charge in [0.05, 0.1) is 12.7 Å². The first-order valence-corrected chi connectivity index (χ1v) is 7.39. The molecule has 0 aromatic heterocycles. The lowest BCUT2D eigenvalue weighted by atomic mass is 10.3. The van der Waals surface area contributed by atoms with Gasteiger partial charge in [-0.2, -0.15) is 9.57 Å². The van der Waals surface area contributed by atoms with E-state index in [1.165, 1.54) is 7.11 Å². The van der Waals surface area contributed by atoms with Crippen LogP contribution < -0.4 is 5.73 Å². The van der Waals surface area contributed by atoms with Crippen LogP contribution >= 0.6 is 0 Å². The van der Waals surface area contributed by atoms with E-state index in [4.69, 9.17) is 15.7 Å². The molecule has 0 bridgehead atoms. The van der Waals surface area contributed by atoms with E-state index in [-0.39, 0.29) is 26.1 Å². The Bertz CT molecular complexity index is 644. The quantitative estimate of drug-likeness (QED) is 0.759. The molecule has 0 spiro atoms. The molecule has 1 rings (SSSR count). The van der Waals surface area contributed by atoms with E-state index in [9.17, 15) is 17.2 Å². The van der Waals surface area contributed by atoms with Gasteiger partial charge in [-0.05, 0) is 12.1 Å². The van der Waals surface area contributed by atoms with Crippen LogP contribution in [-0.2, 0) is 14.8 Å². The molecule has 1 aromatic rings. The van der Waals surface area contributed by atoms with Crippen molar-refractivity contribution in [3.63, 3.8) is 0 Å². The summed E-state index contributed by atoms with van der Waals surface area (Å²) in [6.45, 7) is -0.112. The summed E-state index contributed by atoms with van der Waals surface area (Å²) < 4.78 is 57.4. The van der Waals surface area contributed by atoms with Gasteiger partial charge in [0.15, 0.2) is 5.82 Å². The minimum absolute atomic E-state index is 0.0583. The Hall–Kier alpha value is -1.76. The monoisotopic (exact) mass is 319 g/mol. The van der Waals surface area contributed by atoms with Crippen molar-refractivity contribution in [1.29, 1.82) is 5.26 Å². The largest absolute Gasteiger partial charge is 0.394 e. The first-order chi connectivity index (χ1) is 9.86. The number of sulfonamides is 1. The van der Waals surface area contributed by atoms with Gasteiger partial charge in [-0.15, -0.1) is 0 Å². The van der Waals surface area contributed by atoms with E-state index in [0.717, 1.165) is 16.4 Å². The average molecular weight is 319 g/mol. The maximum absolute atomic E-state index is 13.9. The SMILES string of the molecule is COCCN(CCC#N)S(=O)(=O)c1ccc(F)c(N)c1F. The standard InChI is InChI=1S/C12H15F2N3O3S/c1-20-8-7-17(6-2-5-15)21(18,19)10-4-3-9(13)12(16)11(10)14/h3-4H,2,6-8,16H2,1H3. The maximum Gasteiger partial charge on any atom is 0.246 e. The van der Waals surface area contributed by atoms with Gasteiger partial charge in [0.25, 0.3) is 0 Å². The van der Waals surface area contributed by atoms with Crippen LogP contribution in [0.15, 0.2) is 17.0 Å². The Kier molecular flexibility index (Phi) is 6.02. The smallest absolute Gasteiger partial charge is 0.246 e. The van der Waals surface area contributed by atoms with Crippen LogP contribution in [0.5, 0.6) is 0 Å². The molecule has 0 heterocycles. The fraction of sp³-hybridized carbons (Fsp3) is 0.417. The van der Waals surface area contributed by atoms with Crippen molar-refractivity contribution in [3.05, 3.63) is 23.8 Å². The Morgan fingerprint density at radius 1 is 1.38 bits per heavy atom. The number of halogens is 2. The highest BCUT2D eigenvalue weighted by Crippen LogP contribution is 2.25. The number of nitriles is 1. The van der Waals surface area contributed by atoms with E-state index in [1.807, 2.05) is 6.07 Å². The molecule has 0 aliphatic carbocycles. The molecule has 9 heteroatoms. The summed E-state index contributed by atoms with van der Waals surface area (Å²) in [5.74, 6) is -2.37. The topological polar surface area (TPSA) is 96.4 Å². The first kappa shape index (κ1) is 17.3. The zero-order chi connectivity index (χ0) is 16.0. The molecular formula is C12H15F2N3O3S. The molecule has 0 saturated carbocycles. The number of nitrogens with zero attached hydrogens (tertiary/aromatic N) is 2. The number of hydrogen-bond donors (Lipinski definition) is 1. The zero-order valence-electron chi connectivity index (χ0n) is 11.3. The number of nitrogens with two attached hydrogens (primary N) is 1. The highest BCUT2D eigenvalue weighted by atomic mass is 32.2. The molecule has 6 nitrogen and oxygen atoms in total. The summed E-state index contributed by atoms with van der Waals surface area (Å²) in [7, 11) is -2.85. The van der Waals surface area contributed by atoms with Crippen LogP contribution in [0.4, 0.5) is 14.5 Å². The predicted octanol–water partition coefficient (Wildman–Crippen LogP) is 1.10. The Balaban J connectivity index is 3.22. The summed E-state index contributed by atoms with van der Waals surface area (Å²) in [5, 5.41) is 8.57. The van der Waals surface area contributed by atoms with Crippen molar-refractivity contribution in [3.8, 4) is 6.07 Å². The van der Waals surface area contributed by atoms with Crippen LogP contribution in [0.1, 0.15) is 6.42 Å². The highest BCUT2D eigenvalue weighted by Gasteiger charge is 2.28. The number of ether oxygens (including phenoxy) is 1. The minimum Gasteiger partial charge on any atom is -0.394 e. The average Bonchev–Trinajstić information content (AvgIpc) is 2.44. The predicted molar refractivity (Wildman–Crippen MR) is 71.6 cm³/mol. The fourth-order valence-electron chi connectivity index (χ4n) is 1.61. The summed E-state index contributed by atoms with van der Waals surface area (Å²) in [4.78, 5) is -0.726. The van der Waals surface area contributed by atoms with Gasteiger partial charge in [0.1, 0.15) is 16.4 Å². The highest BCUT2D eigenvalue weighted by molar-refractivity contribution is 7.89. The molecule has 0 unspecified atom stereocenters. The second-order valence-electron chi connectivity index (χ2n) is 4.08. The van der Waals surface area contributed by atoms with Crippen molar-refractivity contribution < 1.29 is 21.9 Å². The molecule has 2 N–H and O–H groups in total. The normalized spacial score (nSPS) is 11.6. The third-order valence-corrected chi connectivity index (χ3v) is 4.64. The summed E-state index contributed by atoms with van der Waals surface area (Å²) >= 11 is 0. The molecular weight excluding hydrogens is 304 g/mol. The first-order valence-electron chi connectivity index (χ1n) is 5.95. The van der Waals surface area contributed by atoms with Crippen molar-refractivity contribution in [2.75, 3.05) is 32.5 Å². The van der Waals surface area contributed by atoms with Gasteiger partial charge < -0.3 is 10.5 Å². The third kappa shape index (κ3) is 3.87. The number of hydrogen-bond acceptors (Lipinski definition) is 5. The fourth-order valence-corrected chi connectivity index (χ4v) is 3.11. The number of rotatable bonds is 7. The zero-order valence-corrected chi connectivity index (χ0v) is 12.2. The summed E-state index contributed by atoms with van der Waals surface area (Å²) in [6.07, 6.45) is -0.0682. The number of benzene rings is 1. The second kappa shape index (κ2) is 7.31. The van der Waals surface area contributed by atoms with Crippen molar-refractivity contribution >= 4 is 15.7 Å². The van der Waals surface area contributed by atoms with Gasteiger partial charge in [-0.1, -0.05) is 0 Å². The van der Waals surface area contributed by atoms with Gasteiger partial charge in [0, 0.05) is 26.6 Å². The Morgan fingerprint density at radius 2 is 2.05 bits per heavy atom. The number of methoxy groups -OCH3 is 1.